The lowest BCUT2D eigenvalue weighted by molar-refractivity contribution is 0.323. The van der Waals surface area contributed by atoms with Crippen molar-refractivity contribution in [2.45, 2.75) is 51.5 Å². The van der Waals surface area contributed by atoms with Gasteiger partial charge in [0.05, 0.1) is 21.3 Å². The van der Waals surface area contributed by atoms with Crippen LogP contribution in [0.5, 0.6) is 17.2 Å². The lowest BCUT2D eigenvalue weighted by Crippen LogP contribution is -2.37. The average molecular weight is 505 g/mol. The van der Waals surface area contributed by atoms with E-state index in [-0.39, 0.29) is 24.0 Å². The maximum Gasteiger partial charge on any atom is 0.203 e. The largest absolute Gasteiger partial charge is 0.493 e. The second-order valence-corrected chi connectivity index (χ2v) is 7.03. The summed E-state index contributed by atoms with van der Waals surface area (Å²) in [5.74, 6) is 3.70. The number of unbranched alkanes of at least 4 members (excludes halogenated alkanes) is 1. The number of rotatable bonds is 10. The summed E-state index contributed by atoms with van der Waals surface area (Å²) < 4.78 is 16.2. The molecule has 1 aliphatic rings. The fourth-order valence-corrected chi connectivity index (χ4v) is 3.71. The zero-order chi connectivity index (χ0) is 19.5. The van der Waals surface area contributed by atoms with Gasteiger partial charge in [-0.15, -0.1) is 24.0 Å². The van der Waals surface area contributed by atoms with Crippen LogP contribution in [0.4, 0.5) is 0 Å². The molecule has 28 heavy (non-hydrogen) atoms. The van der Waals surface area contributed by atoms with Gasteiger partial charge >= 0.3 is 0 Å². The summed E-state index contributed by atoms with van der Waals surface area (Å²) in [6, 6.07) is 3.90. The summed E-state index contributed by atoms with van der Waals surface area (Å²) in [4.78, 5) is 4.30. The molecular weight excluding hydrogens is 469 g/mol. The van der Waals surface area contributed by atoms with Gasteiger partial charge in [0.15, 0.2) is 17.5 Å². The van der Waals surface area contributed by atoms with Crippen LogP contribution in [0.2, 0.25) is 0 Å². The number of halogens is 1. The normalized spacial score (nSPS) is 14.4. The second-order valence-electron chi connectivity index (χ2n) is 7.03. The summed E-state index contributed by atoms with van der Waals surface area (Å²) in [5.41, 5.74) is 1.04. The first kappa shape index (κ1) is 24.7. The van der Waals surface area contributed by atoms with Crippen molar-refractivity contribution in [3.05, 3.63) is 17.7 Å². The zero-order valence-corrected chi connectivity index (χ0v) is 20.0. The highest BCUT2D eigenvalue weighted by atomic mass is 127. The Balaban J connectivity index is 0.00000392. The van der Waals surface area contributed by atoms with Crippen LogP contribution in [-0.2, 0) is 6.54 Å². The van der Waals surface area contributed by atoms with E-state index in [2.05, 4.69) is 15.6 Å². The van der Waals surface area contributed by atoms with Crippen LogP contribution in [0.1, 0.15) is 50.5 Å². The molecule has 0 radical (unpaired) electrons. The lowest BCUT2D eigenvalue weighted by Gasteiger charge is -2.16. The Bertz CT molecular complexity index is 580. The van der Waals surface area contributed by atoms with Crippen molar-refractivity contribution < 1.29 is 14.2 Å². The summed E-state index contributed by atoms with van der Waals surface area (Å²) in [6.07, 6.45) is 9.58. The summed E-state index contributed by atoms with van der Waals surface area (Å²) in [5, 5.41) is 6.74. The van der Waals surface area contributed by atoms with Crippen LogP contribution in [0, 0.1) is 5.92 Å². The van der Waals surface area contributed by atoms with Gasteiger partial charge in [0.1, 0.15) is 0 Å². The number of ether oxygens (including phenoxy) is 3. The highest BCUT2D eigenvalue weighted by Gasteiger charge is 2.14. The Hall–Kier alpha value is -1.38. The van der Waals surface area contributed by atoms with Crippen molar-refractivity contribution in [2.24, 2.45) is 10.9 Å². The van der Waals surface area contributed by atoms with Crippen molar-refractivity contribution in [1.82, 2.24) is 10.6 Å². The molecule has 1 aliphatic carbocycles. The molecule has 1 aromatic rings. The quantitative estimate of drug-likeness (QED) is 0.214. The minimum atomic E-state index is 0. The van der Waals surface area contributed by atoms with Crippen LogP contribution in [0.15, 0.2) is 17.1 Å². The van der Waals surface area contributed by atoms with Gasteiger partial charge in [0, 0.05) is 20.1 Å². The molecule has 0 unspecified atom stereocenters. The van der Waals surface area contributed by atoms with Crippen LogP contribution in [0.25, 0.3) is 0 Å². The predicted molar refractivity (Wildman–Crippen MR) is 126 cm³/mol. The van der Waals surface area contributed by atoms with Gasteiger partial charge in [-0.3, -0.25) is 4.99 Å². The lowest BCUT2D eigenvalue weighted by atomic mass is 10.0. The van der Waals surface area contributed by atoms with Gasteiger partial charge in [-0.2, -0.15) is 0 Å². The third-order valence-corrected chi connectivity index (χ3v) is 5.21. The van der Waals surface area contributed by atoms with E-state index < -0.39 is 0 Å². The molecule has 0 spiro atoms. The number of nitrogens with one attached hydrogen (secondary N) is 2. The van der Waals surface area contributed by atoms with Crippen molar-refractivity contribution in [1.29, 1.82) is 0 Å². The van der Waals surface area contributed by atoms with Crippen molar-refractivity contribution in [2.75, 3.05) is 34.9 Å². The van der Waals surface area contributed by atoms with E-state index in [1.807, 2.05) is 12.1 Å². The molecule has 0 amide bonds. The molecule has 0 atom stereocenters. The third-order valence-electron chi connectivity index (χ3n) is 5.21. The Morgan fingerprint density at radius 2 is 1.64 bits per heavy atom. The number of methoxy groups -OCH3 is 3. The molecule has 160 valence electrons. The van der Waals surface area contributed by atoms with Crippen LogP contribution >= 0.6 is 24.0 Å². The SMILES string of the molecule is CN=C(NCCCCC1CCCC1)NCc1cc(OC)c(OC)c(OC)c1.I. The molecule has 7 heteroatoms. The van der Waals surface area contributed by atoms with Gasteiger partial charge in [-0.1, -0.05) is 38.5 Å². The molecule has 2 N–H and O–H groups in total. The molecule has 0 heterocycles. The van der Waals surface area contributed by atoms with Gasteiger partial charge in [-0.25, -0.2) is 0 Å². The average Bonchev–Trinajstić information content (AvgIpc) is 3.22. The van der Waals surface area contributed by atoms with E-state index in [1.54, 1.807) is 28.4 Å². The Labute approximate surface area is 186 Å². The van der Waals surface area contributed by atoms with Gasteiger partial charge in [-0.05, 0) is 30.0 Å². The fourth-order valence-electron chi connectivity index (χ4n) is 3.71. The number of aliphatic imine (C=N–C) groups is 1. The Morgan fingerprint density at radius 3 is 2.18 bits per heavy atom. The van der Waals surface area contributed by atoms with Crippen molar-refractivity contribution in [3.8, 4) is 17.2 Å². The van der Waals surface area contributed by atoms with E-state index in [9.17, 15) is 0 Å². The summed E-state index contributed by atoms with van der Waals surface area (Å²) >= 11 is 0. The van der Waals surface area contributed by atoms with Crippen molar-refractivity contribution >= 4 is 29.9 Å². The van der Waals surface area contributed by atoms with Gasteiger partial charge < -0.3 is 24.8 Å². The Kier molecular flexibility index (Phi) is 12.1. The molecule has 1 fully saturated rings. The standard InChI is InChI=1S/C21H35N3O3.HI/c1-22-21(23-12-8-7-11-16-9-5-6-10-16)24-15-17-13-18(25-2)20(27-4)19(14-17)26-3;/h13-14,16H,5-12,15H2,1-4H3,(H2,22,23,24);1H. The van der Waals surface area contributed by atoms with Gasteiger partial charge in [0.2, 0.25) is 5.75 Å². The maximum atomic E-state index is 5.41. The Morgan fingerprint density at radius 1 is 1.00 bits per heavy atom. The monoisotopic (exact) mass is 505 g/mol. The molecular formula is C21H36IN3O3. The predicted octanol–water partition coefficient (Wildman–Crippen LogP) is 4.36. The third kappa shape index (κ3) is 7.56. The summed E-state index contributed by atoms with van der Waals surface area (Å²) in [6.45, 7) is 1.57. The van der Waals surface area contributed by atoms with Crippen molar-refractivity contribution in [3.63, 3.8) is 0 Å². The molecule has 1 saturated carbocycles. The number of nitrogens with zero attached hydrogens (tertiary/aromatic N) is 1. The first-order valence-corrected chi connectivity index (χ1v) is 9.95. The van der Waals surface area contributed by atoms with Crippen LogP contribution in [0.3, 0.4) is 0 Å². The molecule has 0 saturated heterocycles. The minimum Gasteiger partial charge on any atom is -0.493 e. The highest BCUT2D eigenvalue weighted by Crippen LogP contribution is 2.38. The molecule has 2 rings (SSSR count). The minimum absolute atomic E-state index is 0. The molecule has 6 nitrogen and oxygen atoms in total. The van der Waals surface area contributed by atoms with Crippen LogP contribution in [-0.4, -0.2) is 40.9 Å². The smallest absolute Gasteiger partial charge is 0.203 e. The fraction of sp³-hybridized carbons (Fsp3) is 0.667. The number of hydrogen-bond donors (Lipinski definition) is 2. The van der Waals surface area contributed by atoms with Gasteiger partial charge in [0.25, 0.3) is 0 Å². The first-order chi connectivity index (χ1) is 13.2. The summed E-state index contributed by atoms with van der Waals surface area (Å²) in [7, 11) is 6.65. The van der Waals surface area contributed by atoms with E-state index >= 15 is 0 Å². The number of guanidine groups is 1. The second kappa shape index (κ2) is 13.7. The number of hydrogen-bond acceptors (Lipinski definition) is 4. The topological polar surface area (TPSA) is 64.1 Å². The first-order valence-electron chi connectivity index (χ1n) is 9.95. The number of benzene rings is 1. The molecule has 0 aromatic heterocycles. The molecule has 1 aromatic carbocycles. The maximum absolute atomic E-state index is 5.41. The van der Waals surface area contributed by atoms with Crippen LogP contribution < -0.4 is 24.8 Å². The highest BCUT2D eigenvalue weighted by molar-refractivity contribution is 14.0. The van der Waals surface area contributed by atoms with E-state index in [1.165, 1.54) is 44.9 Å². The molecule has 0 aliphatic heterocycles. The zero-order valence-electron chi connectivity index (χ0n) is 17.7. The van der Waals surface area contributed by atoms with E-state index in [0.29, 0.717) is 23.8 Å². The van der Waals surface area contributed by atoms with E-state index in [0.717, 1.165) is 24.0 Å². The van der Waals surface area contributed by atoms with E-state index in [4.69, 9.17) is 14.2 Å². The molecule has 0 bridgehead atoms.